The molecular weight excluding hydrogens is 259 g/mol. The third-order valence-corrected chi connectivity index (χ3v) is 3.05. The van der Waals surface area contributed by atoms with Crippen LogP contribution in [-0.4, -0.2) is 19.0 Å². The number of alkyl halides is 3. The predicted octanol–water partition coefficient (Wildman–Crippen LogP) is 3.07. The first-order valence-electron chi connectivity index (χ1n) is 6.10. The van der Waals surface area contributed by atoms with Gasteiger partial charge in [0.25, 0.3) is 0 Å². The maximum absolute atomic E-state index is 12.2. The second kappa shape index (κ2) is 5.38. The van der Waals surface area contributed by atoms with Crippen molar-refractivity contribution in [2.24, 2.45) is 5.73 Å². The lowest BCUT2D eigenvalue weighted by molar-refractivity contribution is -0.274. The summed E-state index contributed by atoms with van der Waals surface area (Å²) in [5, 5.41) is 0. The van der Waals surface area contributed by atoms with Crippen molar-refractivity contribution >= 4 is 0 Å². The summed E-state index contributed by atoms with van der Waals surface area (Å²) in [7, 11) is 0. The third-order valence-electron chi connectivity index (χ3n) is 3.05. The lowest BCUT2D eigenvalue weighted by Crippen LogP contribution is -2.19. The molecule has 1 heterocycles. The molecule has 0 aliphatic carbocycles. The largest absolute Gasteiger partial charge is 0.573 e. The predicted molar refractivity (Wildman–Crippen MR) is 63.8 cm³/mol. The normalized spacial score (nSPS) is 23.6. The van der Waals surface area contributed by atoms with Crippen molar-refractivity contribution in [3.8, 4) is 5.75 Å². The van der Waals surface area contributed by atoms with Gasteiger partial charge in [-0.1, -0.05) is 6.07 Å². The van der Waals surface area contributed by atoms with Crippen LogP contribution >= 0.6 is 0 Å². The topological polar surface area (TPSA) is 44.5 Å². The Morgan fingerprint density at radius 3 is 2.63 bits per heavy atom. The molecule has 0 saturated carbocycles. The van der Waals surface area contributed by atoms with E-state index >= 15 is 0 Å². The maximum Gasteiger partial charge on any atom is 0.573 e. The molecule has 106 valence electrons. The molecule has 0 aromatic heterocycles. The zero-order valence-corrected chi connectivity index (χ0v) is 10.5. The van der Waals surface area contributed by atoms with E-state index in [0.29, 0.717) is 17.7 Å². The second-order valence-corrected chi connectivity index (χ2v) is 4.69. The molecule has 2 N–H and O–H groups in total. The van der Waals surface area contributed by atoms with Gasteiger partial charge < -0.3 is 15.2 Å². The van der Waals surface area contributed by atoms with E-state index in [-0.39, 0.29) is 18.0 Å². The number of hydrogen-bond acceptors (Lipinski definition) is 3. The molecule has 2 rings (SSSR count). The molecule has 0 unspecified atom stereocenters. The lowest BCUT2D eigenvalue weighted by Gasteiger charge is -2.16. The first kappa shape index (κ1) is 14.1. The van der Waals surface area contributed by atoms with Crippen LogP contribution < -0.4 is 10.5 Å². The fourth-order valence-corrected chi connectivity index (χ4v) is 2.28. The van der Waals surface area contributed by atoms with Crippen molar-refractivity contribution in [1.29, 1.82) is 0 Å². The Morgan fingerprint density at radius 2 is 2.05 bits per heavy atom. The smallest absolute Gasteiger partial charge is 0.406 e. The van der Waals surface area contributed by atoms with Crippen molar-refractivity contribution < 1.29 is 22.6 Å². The maximum atomic E-state index is 12.2. The Morgan fingerprint density at radius 1 is 1.32 bits per heavy atom. The van der Waals surface area contributed by atoms with Crippen LogP contribution in [0.2, 0.25) is 0 Å². The molecule has 1 aliphatic heterocycles. The molecule has 1 aromatic rings. The standard InChI is InChI=1S/C13H16F3NO2/c1-8-4-9(12-3-2-10(7-17)18-12)6-11(5-8)19-13(14,15)16/h4-6,10,12H,2-3,7,17H2,1H3/t10-,12+/m0/s1. The zero-order chi connectivity index (χ0) is 14.0. The van der Waals surface area contributed by atoms with Crippen molar-refractivity contribution in [3.63, 3.8) is 0 Å². The number of nitrogens with two attached hydrogens (primary N) is 1. The van der Waals surface area contributed by atoms with Crippen LogP contribution in [-0.2, 0) is 4.74 Å². The first-order chi connectivity index (χ1) is 8.87. The number of rotatable bonds is 3. The summed E-state index contributed by atoms with van der Waals surface area (Å²) in [4.78, 5) is 0. The summed E-state index contributed by atoms with van der Waals surface area (Å²) < 4.78 is 46.3. The average Bonchev–Trinajstić information content (AvgIpc) is 2.74. The number of benzene rings is 1. The summed E-state index contributed by atoms with van der Waals surface area (Å²) >= 11 is 0. The molecular formula is C13H16F3NO2. The average molecular weight is 275 g/mol. The Labute approximate surface area is 109 Å². The molecule has 6 heteroatoms. The highest BCUT2D eigenvalue weighted by atomic mass is 19.4. The second-order valence-electron chi connectivity index (χ2n) is 4.69. The van der Waals surface area contributed by atoms with E-state index in [0.717, 1.165) is 12.8 Å². The van der Waals surface area contributed by atoms with Gasteiger partial charge in [-0.3, -0.25) is 0 Å². The Balaban J connectivity index is 2.17. The summed E-state index contributed by atoms with van der Waals surface area (Å²) in [6.07, 6.45) is -3.32. The minimum Gasteiger partial charge on any atom is -0.406 e. The van der Waals surface area contributed by atoms with Gasteiger partial charge in [-0.05, 0) is 43.0 Å². The van der Waals surface area contributed by atoms with Gasteiger partial charge in [0.15, 0.2) is 0 Å². The summed E-state index contributed by atoms with van der Waals surface area (Å²) in [6, 6.07) is 4.54. The van der Waals surface area contributed by atoms with E-state index in [4.69, 9.17) is 10.5 Å². The summed E-state index contributed by atoms with van der Waals surface area (Å²) in [5.41, 5.74) is 6.93. The molecule has 1 aliphatic rings. The quantitative estimate of drug-likeness (QED) is 0.922. The van der Waals surface area contributed by atoms with E-state index in [9.17, 15) is 13.2 Å². The minimum absolute atomic E-state index is 0.0162. The van der Waals surface area contributed by atoms with Crippen molar-refractivity contribution in [1.82, 2.24) is 0 Å². The monoisotopic (exact) mass is 275 g/mol. The van der Waals surface area contributed by atoms with Crippen molar-refractivity contribution in [2.45, 2.75) is 38.3 Å². The van der Waals surface area contributed by atoms with Crippen LogP contribution in [0.1, 0.15) is 30.1 Å². The number of ether oxygens (including phenoxy) is 2. The van der Waals surface area contributed by atoms with Crippen LogP contribution in [0.15, 0.2) is 18.2 Å². The minimum atomic E-state index is -4.68. The fraction of sp³-hybridized carbons (Fsp3) is 0.538. The van der Waals surface area contributed by atoms with Crippen molar-refractivity contribution in [3.05, 3.63) is 29.3 Å². The molecule has 1 saturated heterocycles. The van der Waals surface area contributed by atoms with E-state index < -0.39 is 6.36 Å². The molecule has 0 amide bonds. The highest BCUT2D eigenvalue weighted by Gasteiger charge is 2.32. The Hall–Kier alpha value is -1.27. The van der Waals surface area contributed by atoms with Gasteiger partial charge in [0.2, 0.25) is 0 Å². The number of halogens is 3. The molecule has 1 aromatic carbocycles. The van der Waals surface area contributed by atoms with E-state index in [2.05, 4.69) is 4.74 Å². The van der Waals surface area contributed by atoms with Gasteiger partial charge in [-0.15, -0.1) is 13.2 Å². The van der Waals surface area contributed by atoms with Crippen LogP contribution in [0.3, 0.4) is 0 Å². The van der Waals surface area contributed by atoms with Gasteiger partial charge in [0, 0.05) is 6.54 Å². The third kappa shape index (κ3) is 3.84. The highest BCUT2D eigenvalue weighted by molar-refractivity contribution is 5.35. The Bertz CT molecular complexity index is 448. The van der Waals surface area contributed by atoms with E-state index in [1.54, 1.807) is 6.92 Å². The lowest BCUT2D eigenvalue weighted by atomic mass is 10.0. The van der Waals surface area contributed by atoms with Gasteiger partial charge in [-0.25, -0.2) is 0 Å². The van der Waals surface area contributed by atoms with Crippen LogP contribution in [0.4, 0.5) is 13.2 Å². The van der Waals surface area contributed by atoms with Gasteiger partial charge >= 0.3 is 6.36 Å². The van der Waals surface area contributed by atoms with E-state index in [1.807, 2.05) is 6.07 Å². The molecule has 0 spiro atoms. The molecule has 0 radical (unpaired) electrons. The van der Waals surface area contributed by atoms with Gasteiger partial charge in [-0.2, -0.15) is 0 Å². The van der Waals surface area contributed by atoms with Gasteiger partial charge in [0.1, 0.15) is 5.75 Å². The molecule has 3 nitrogen and oxygen atoms in total. The molecule has 0 bridgehead atoms. The molecule has 2 atom stereocenters. The van der Waals surface area contributed by atoms with Crippen LogP contribution in [0.25, 0.3) is 0 Å². The SMILES string of the molecule is Cc1cc(OC(F)(F)F)cc([C@H]2CC[C@@H](CN)O2)c1. The first-order valence-corrected chi connectivity index (χ1v) is 6.10. The zero-order valence-electron chi connectivity index (χ0n) is 10.5. The van der Waals surface area contributed by atoms with Gasteiger partial charge in [0.05, 0.1) is 12.2 Å². The van der Waals surface area contributed by atoms with Crippen LogP contribution in [0.5, 0.6) is 5.75 Å². The number of aryl methyl sites for hydroxylation is 1. The summed E-state index contributed by atoms with van der Waals surface area (Å²) in [5.74, 6) is -0.206. The van der Waals surface area contributed by atoms with E-state index in [1.165, 1.54) is 12.1 Å². The highest BCUT2D eigenvalue weighted by Crippen LogP contribution is 2.35. The van der Waals surface area contributed by atoms with Crippen molar-refractivity contribution in [2.75, 3.05) is 6.54 Å². The fourth-order valence-electron chi connectivity index (χ4n) is 2.28. The Kier molecular flexibility index (Phi) is 4.01. The van der Waals surface area contributed by atoms with Crippen LogP contribution in [0, 0.1) is 6.92 Å². The number of hydrogen-bond donors (Lipinski definition) is 1. The summed E-state index contributed by atoms with van der Waals surface area (Å²) in [6.45, 7) is 2.15. The molecule has 1 fully saturated rings. The molecule has 19 heavy (non-hydrogen) atoms.